The number of benzene rings is 1. The van der Waals surface area contributed by atoms with Crippen LogP contribution in [0.2, 0.25) is 0 Å². The van der Waals surface area contributed by atoms with Crippen molar-refractivity contribution in [3.05, 3.63) is 34.3 Å². The first kappa shape index (κ1) is 21.3. The summed E-state index contributed by atoms with van der Waals surface area (Å²) in [5, 5.41) is 8.80. The lowest BCUT2D eigenvalue weighted by atomic mass is 9.84. The third-order valence-electron chi connectivity index (χ3n) is 4.79. The largest absolute Gasteiger partial charge is 0.434 e. The van der Waals surface area contributed by atoms with Crippen LogP contribution in [-0.4, -0.2) is 22.8 Å². The van der Waals surface area contributed by atoms with Crippen LogP contribution in [0.25, 0.3) is 11.5 Å². The molecule has 27 heavy (non-hydrogen) atoms. The number of H-pyrrole nitrogens is 1. The maximum Gasteiger partial charge on any atom is 0.434 e. The quantitative estimate of drug-likeness (QED) is 0.702. The average Bonchev–Trinajstić information content (AvgIpc) is 3.02. The van der Waals surface area contributed by atoms with Crippen LogP contribution in [0.4, 0.5) is 18.9 Å². The summed E-state index contributed by atoms with van der Waals surface area (Å²) in [6, 6.07) is 3.51. The van der Waals surface area contributed by atoms with Crippen LogP contribution in [0.1, 0.15) is 37.7 Å². The SMILES string of the molecule is Cl.NCCC1CCC(Nc2cc(-c3n[nH]c(=O)o3)ccc2C(F)(F)F)CC1. The number of anilines is 1. The first-order chi connectivity index (χ1) is 12.4. The molecule has 0 bridgehead atoms. The van der Waals surface area contributed by atoms with Gasteiger partial charge in [-0.1, -0.05) is 0 Å². The molecule has 1 aromatic carbocycles. The van der Waals surface area contributed by atoms with Gasteiger partial charge in [-0.05, 0) is 62.8 Å². The molecule has 10 heteroatoms. The molecular weight excluding hydrogens is 385 g/mol. The van der Waals surface area contributed by atoms with E-state index in [2.05, 4.69) is 15.5 Å². The summed E-state index contributed by atoms with van der Waals surface area (Å²) < 4.78 is 44.9. The number of aromatic nitrogens is 2. The average molecular weight is 407 g/mol. The Morgan fingerprint density at radius 2 is 1.96 bits per heavy atom. The van der Waals surface area contributed by atoms with E-state index >= 15 is 0 Å². The maximum absolute atomic E-state index is 13.4. The third kappa shape index (κ3) is 5.26. The summed E-state index contributed by atoms with van der Waals surface area (Å²) in [7, 11) is 0. The summed E-state index contributed by atoms with van der Waals surface area (Å²) in [6.45, 7) is 0.637. The zero-order chi connectivity index (χ0) is 18.7. The highest BCUT2D eigenvalue weighted by molar-refractivity contribution is 5.85. The minimum absolute atomic E-state index is 0. The van der Waals surface area contributed by atoms with Gasteiger partial charge in [0.05, 0.1) is 5.56 Å². The monoisotopic (exact) mass is 406 g/mol. The molecule has 2 aromatic rings. The van der Waals surface area contributed by atoms with E-state index in [1.165, 1.54) is 12.1 Å². The minimum atomic E-state index is -4.48. The van der Waals surface area contributed by atoms with Gasteiger partial charge < -0.3 is 15.5 Å². The molecule has 1 aromatic heterocycles. The fourth-order valence-electron chi connectivity index (χ4n) is 3.45. The first-order valence-corrected chi connectivity index (χ1v) is 8.60. The fraction of sp³-hybridized carbons (Fsp3) is 0.529. The molecule has 6 nitrogen and oxygen atoms in total. The number of rotatable bonds is 5. The summed E-state index contributed by atoms with van der Waals surface area (Å²) in [5.41, 5.74) is 5.11. The molecular formula is C17H22ClF3N4O2. The molecule has 0 unspecified atom stereocenters. The Morgan fingerprint density at radius 3 is 2.52 bits per heavy atom. The Labute approximate surface area is 160 Å². The Morgan fingerprint density at radius 1 is 1.26 bits per heavy atom. The van der Waals surface area contributed by atoms with Crippen LogP contribution in [-0.2, 0) is 6.18 Å². The highest BCUT2D eigenvalue weighted by Gasteiger charge is 2.34. The molecule has 0 amide bonds. The predicted octanol–water partition coefficient (Wildman–Crippen LogP) is 3.79. The predicted molar refractivity (Wildman–Crippen MR) is 97.8 cm³/mol. The highest BCUT2D eigenvalue weighted by atomic mass is 35.5. The van der Waals surface area contributed by atoms with Crippen LogP contribution >= 0.6 is 12.4 Å². The summed E-state index contributed by atoms with van der Waals surface area (Å²) >= 11 is 0. The van der Waals surface area contributed by atoms with E-state index in [1.807, 2.05) is 0 Å². The molecule has 1 heterocycles. The smallest absolute Gasteiger partial charge is 0.388 e. The van der Waals surface area contributed by atoms with Gasteiger partial charge in [0.15, 0.2) is 0 Å². The van der Waals surface area contributed by atoms with Gasteiger partial charge >= 0.3 is 11.9 Å². The molecule has 1 fully saturated rings. The Kier molecular flexibility index (Phi) is 6.94. The van der Waals surface area contributed by atoms with Crippen molar-refractivity contribution in [2.75, 3.05) is 11.9 Å². The second-order valence-corrected chi connectivity index (χ2v) is 6.62. The van der Waals surface area contributed by atoms with Gasteiger partial charge in [0.2, 0.25) is 5.89 Å². The van der Waals surface area contributed by atoms with Gasteiger partial charge in [0, 0.05) is 17.3 Å². The van der Waals surface area contributed by atoms with Crippen molar-refractivity contribution in [1.82, 2.24) is 10.2 Å². The van der Waals surface area contributed by atoms with Gasteiger partial charge in [-0.2, -0.15) is 13.2 Å². The van der Waals surface area contributed by atoms with Crippen molar-refractivity contribution < 1.29 is 17.6 Å². The van der Waals surface area contributed by atoms with Crippen LogP contribution in [0.5, 0.6) is 0 Å². The molecule has 0 radical (unpaired) electrons. The standard InChI is InChI=1S/C17H21F3N4O2.ClH/c18-17(19,20)13-6-3-11(15-23-24-16(25)26-15)9-14(13)22-12-4-1-10(2-5-12)7-8-21;/h3,6,9-10,12,22H,1-2,4-5,7-8,21H2,(H,24,25);1H. The van der Waals surface area contributed by atoms with Gasteiger partial charge in [-0.25, -0.2) is 9.89 Å². The van der Waals surface area contributed by atoms with Crippen molar-refractivity contribution in [2.45, 2.75) is 44.3 Å². The van der Waals surface area contributed by atoms with Gasteiger partial charge in [-0.15, -0.1) is 17.5 Å². The first-order valence-electron chi connectivity index (χ1n) is 8.60. The van der Waals surface area contributed by atoms with Crippen LogP contribution in [0.3, 0.4) is 0 Å². The van der Waals surface area contributed by atoms with Crippen molar-refractivity contribution in [2.24, 2.45) is 11.7 Å². The number of nitrogens with two attached hydrogens (primary N) is 1. The molecule has 3 rings (SSSR count). The molecule has 0 atom stereocenters. The Balaban J connectivity index is 0.00000261. The topological polar surface area (TPSA) is 96.9 Å². The highest BCUT2D eigenvalue weighted by Crippen LogP contribution is 2.38. The lowest BCUT2D eigenvalue weighted by Gasteiger charge is -2.30. The number of aromatic amines is 1. The number of nitrogens with zero attached hydrogens (tertiary/aromatic N) is 1. The number of hydrogen-bond donors (Lipinski definition) is 3. The van der Waals surface area contributed by atoms with Gasteiger partial charge in [-0.3, -0.25) is 0 Å². The van der Waals surface area contributed by atoms with Crippen LogP contribution in [0.15, 0.2) is 27.4 Å². The second kappa shape index (κ2) is 8.79. The van der Waals surface area contributed by atoms with Crippen LogP contribution < -0.4 is 16.8 Å². The van der Waals surface area contributed by atoms with E-state index in [9.17, 15) is 18.0 Å². The van der Waals surface area contributed by atoms with Crippen LogP contribution in [0, 0.1) is 5.92 Å². The third-order valence-corrected chi connectivity index (χ3v) is 4.79. The molecule has 4 N–H and O–H groups in total. The van der Waals surface area contributed by atoms with Gasteiger partial charge in [0.1, 0.15) is 0 Å². The molecule has 0 spiro atoms. The maximum atomic E-state index is 13.4. The molecule has 1 aliphatic rings. The molecule has 1 aliphatic carbocycles. The van der Waals surface area contributed by atoms with E-state index < -0.39 is 17.5 Å². The zero-order valence-electron chi connectivity index (χ0n) is 14.5. The number of nitrogens with one attached hydrogen (secondary N) is 2. The molecule has 150 valence electrons. The Bertz CT molecular complexity index is 798. The van der Waals surface area contributed by atoms with E-state index in [0.717, 1.165) is 38.2 Å². The molecule has 0 saturated heterocycles. The van der Waals surface area contributed by atoms with Gasteiger partial charge in [0.25, 0.3) is 0 Å². The van der Waals surface area contributed by atoms with Crippen molar-refractivity contribution in [1.29, 1.82) is 0 Å². The van der Waals surface area contributed by atoms with Crippen molar-refractivity contribution in [3.8, 4) is 11.5 Å². The second-order valence-electron chi connectivity index (χ2n) is 6.62. The Hall–Kier alpha value is -2.00. The normalized spacial score (nSPS) is 20.1. The van der Waals surface area contributed by atoms with E-state index in [1.54, 1.807) is 0 Å². The van der Waals surface area contributed by atoms with Crippen molar-refractivity contribution >= 4 is 18.1 Å². The lowest BCUT2D eigenvalue weighted by Crippen LogP contribution is -2.28. The van der Waals surface area contributed by atoms with E-state index in [0.29, 0.717) is 18.0 Å². The summed E-state index contributed by atoms with van der Waals surface area (Å²) in [4.78, 5) is 11.1. The lowest BCUT2D eigenvalue weighted by molar-refractivity contribution is -0.137. The summed E-state index contributed by atoms with van der Waals surface area (Å²) in [5.74, 6) is -0.254. The molecule has 1 saturated carbocycles. The fourth-order valence-corrected chi connectivity index (χ4v) is 3.45. The number of halogens is 4. The number of alkyl halides is 3. The van der Waals surface area contributed by atoms with E-state index in [4.69, 9.17) is 10.2 Å². The molecule has 0 aliphatic heterocycles. The summed E-state index contributed by atoms with van der Waals surface area (Å²) in [6.07, 6.45) is -0.0418. The number of hydrogen-bond acceptors (Lipinski definition) is 5. The zero-order valence-corrected chi connectivity index (χ0v) is 15.3. The van der Waals surface area contributed by atoms with E-state index in [-0.39, 0.29) is 30.0 Å². The van der Waals surface area contributed by atoms with Crippen molar-refractivity contribution in [3.63, 3.8) is 0 Å². The minimum Gasteiger partial charge on any atom is -0.388 e.